The van der Waals surface area contributed by atoms with Gasteiger partial charge in [-0.3, -0.25) is 0 Å². The van der Waals surface area contributed by atoms with Crippen molar-refractivity contribution in [2.24, 2.45) is 0 Å². The van der Waals surface area contributed by atoms with Crippen LogP contribution in [0.25, 0.3) is 0 Å². The minimum absolute atomic E-state index is 0.328. The number of hydrogen-bond donors (Lipinski definition) is 1. The molecule has 1 N–H and O–H groups in total. The molecule has 0 amide bonds. The number of hydrogen-bond acceptors (Lipinski definition) is 4. The molecule has 4 nitrogen and oxygen atoms in total. The first-order valence-corrected chi connectivity index (χ1v) is 3.77. The van der Waals surface area contributed by atoms with Gasteiger partial charge in [0.25, 0.3) is 0 Å². The SMILES string of the molecule is Cc1nc(Cl)c2c(n1)NC=CO2. The van der Waals surface area contributed by atoms with E-state index in [9.17, 15) is 0 Å². The molecule has 1 aliphatic heterocycles. The summed E-state index contributed by atoms with van der Waals surface area (Å²) in [6, 6.07) is 0. The minimum atomic E-state index is 0.328. The maximum Gasteiger partial charge on any atom is 0.206 e. The maximum atomic E-state index is 5.80. The zero-order chi connectivity index (χ0) is 8.55. The predicted molar refractivity (Wildman–Crippen MR) is 45.2 cm³/mol. The Bertz CT molecular complexity index is 351. The third-order valence-corrected chi connectivity index (χ3v) is 1.67. The van der Waals surface area contributed by atoms with Gasteiger partial charge in [-0.1, -0.05) is 11.6 Å². The highest BCUT2D eigenvalue weighted by atomic mass is 35.5. The molecule has 12 heavy (non-hydrogen) atoms. The third-order valence-electron chi connectivity index (χ3n) is 1.41. The molecule has 0 saturated heterocycles. The number of aromatic nitrogens is 2. The van der Waals surface area contributed by atoms with E-state index in [1.165, 1.54) is 6.26 Å². The number of ether oxygens (including phenoxy) is 1. The summed E-state index contributed by atoms with van der Waals surface area (Å²) in [7, 11) is 0. The Balaban J connectivity index is 2.57. The molecule has 2 heterocycles. The number of aryl methyl sites for hydroxylation is 1. The Hall–Kier alpha value is -1.29. The van der Waals surface area contributed by atoms with Gasteiger partial charge < -0.3 is 10.1 Å². The van der Waals surface area contributed by atoms with Crippen LogP contribution in [0.5, 0.6) is 5.75 Å². The number of anilines is 1. The fourth-order valence-electron chi connectivity index (χ4n) is 0.945. The van der Waals surface area contributed by atoms with Crippen molar-refractivity contribution >= 4 is 17.4 Å². The summed E-state index contributed by atoms with van der Waals surface area (Å²) in [6.07, 6.45) is 3.14. The standard InChI is InChI=1S/C7H6ClN3O/c1-4-10-6(8)5-7(11-4)9-2-3-12-5/h2-3H,1H3,(H,9,10,11). The number of nitrogens with zero attached hydrogens (tertiary/aromatic N) is 2. The predicted octanol–water partition coefficient (Wildman–Crippen LogP) is 1.71. The molecular formula is C7H6ClN3O. The lowest BCUT2D eigenvalue weighted by molar-refractivity contribution is 0.471. The van der Waals surface area contributed by atoms with Crippen LogP contribution >= 0.6 is 11.6 Å². The van der Waals surface area contributed by atoms with Crippen LogP contribution in [-0.4, -0.2) is 9.97 Å². The molecule has 0 radical (unpaired) electrons. The van der Waals surface area contributed by atoms with Gasteiger partial charge >= 0.3 is 0 Å². The van der Waals surface area contributed by atoms with Crippen molar-refractivity contribution in [2.45, 2.75) is 6.92 Å². The molecule has 0 aliphatic carbocycles. The van der Waals surface area contributed by atoms with Crippen LogP contribution in [0.15, 0.2) is 12.5 Å². The van der Waals surface area contributed by atoms with Crippen LogP contribution in [0.2, 0.25) is 5.15 Å². The second-order valence-corrected chi connectivity index (χ2v) is 2.66. The monoisotopic (exact) mass is 183 g/mol. The molecule has 0 bridgehead atoms. The Morgan fingerprint density at radius 2 is 2.33 bits per heavy atom. The van der Waals surface area contributed by atoms with Crippen molar-refractivity contribution < 1.29 is 4.74 Å². The van der Waals surface area contributed by atoms with Crippen molar-refractivity contribution in [2.75, 3.05) is 5.32 Å². The zero-order valence-corrected chi connectivity index (χ0v) is 7.09. The first-order valence-electron chi connectivity index (χ1n) is 3.40. The summed E-state index contributed by atoms with van der Waals surface area (Å²) in [5, 5.41) is 3.23. The molecule has 0 fully saturated rings. The van der Waals surface area contributed by atoms with Crippen LogP contribution < -0.4 is 10.1 Å². The second-order valence-electron chi connectivity index (χ2n) is 2.30. The van der Waals surface area contributed by atoms with Crippen LogP contribution in [0.1, 0.15) is 5.82 Å². The fourth-order valence-corrected chi connectivity index (χ4v) is 1.20. The number of halogens is 1. The summed E-state index contributed by atoms with van der Waals surface area (Å²) >= 11 is 5.80. The van der Waals surface area contributed by atoms with Crippen molar-refractivity contribution in [3.05, 3.63) is 23.4 Å². The van der Waals surface area contributed by atoms with E-state index in [1.54, 1.807) is 13.1 Å². The van der Waals surface area contributed by atoms with Crippen LogP contribution in [0.4, 0.5) is 5.82 Å². The van der Waals surface area contributed by atoms with Gasteiger partial charge in [-0.2, -0.15) is 0 Å². The van der Waals surface area contributed by atoms with Gasteiger partial charge in [0.15, 0.2) is 11.0 Å². The van der Waals surface area contributed by atoms with E-state index in [4.69, 9.17) is 16.3 Å². The average Bonchev–Trinajstić information content (AvgIpc) is 2.04. The highest BCUT2D eigenvalue weighted by Gasteiger charge is 2.13. The van der Waals surface area contributed by atoms with Gasteiger partial charge in [0.2, 0.25) is 5.75 Å². The van der Waals surface area contributed by atoms with Gasteiger partial charge in [-0.05, 0) is 6.92 Å². The average molecular weight is 184 g/mol. The second kappa shape index (κ2) is 2.64. The first kappa shape index (κ1) is 7.36. The van der Waals surface area contributed by atoms with E-state index < -0.39 is 0 Å². The van der Waals surface area contributed by atoms with E-state index in [-0.39, 0.29) is 0 Å². The normalized spacial score (nSPS) is 13.2. The molecule has 1 aliphatic rings. The molecule has 0 saturated carbocycles. The molecular weight excluding hydrogens is 178 g/mol. The maximum absolute atomic E-state index is 5.80. The van der Waals surface area contributed by atoms with Crippen LogP contribution in [-0.2, 0) is 0 Å². The molecule has 0 spiro atoms. The molecule has 62 valence electrons. The smallest absolute Gasteiger partial charge is 0.206 e. The zero-order valence-electron chi connectivity index (χ0n) is 6.34. The molecule has 1 aromatic rings. The van der Waals surface area contributed by atoms with Crippen LogP contribution in [0.3, 0.4) is 0 Å². The van der Waals surface area contributed by atoms with Crippen LogP contribution in [0, 0.1) is 6.92 Å². The lowest BCUT2D eigenvalue weighted by Crippen LogP contribution is -2.04. The quantitative estimate of drug-likeness (QED) is 0.622. The van der Waals surface area contributed by atoms with Crippen molar-refractivity contribution in [3.63, 3.8) is 0 Å². The van der Waals surface area contributed by atoms with E-state index in [0.717, 1.165) is 0 Å². The van der Waals surface area contributed by atoms with Crippen molar-refractivity contribution in [3.8, 4) is 5.75 Å². The highest BCUT2D eigenvalue weighted by molar-refractivity contribution is 6.31. The van der Waals surface area contributed by atoms with E-state index >= 15 is 0 Å². The lowest BCUT2D eigenvalue weighted by atomic mass is 10.4. The summed E-state index contributed by atoms with van der Waals surface area (Å²) < 4.78 is 5.11. The van der Waals surface area contributed by atoms with E-state index in [0.29, 0.717) is 22.5 Å². The first-order chi connectivity index (χ1) is 5.77. The van der Waals surface area contributed by atoms with Gasteiger partial charge in [0, 0.05) is 6.20 Å². The van der Waals surface area contributed by atoms with Gasteiger partial charge in [0.05, 0.1) is 0 Å². The van der Waals surface area contributed by atoms with E-state index in [1.807, 2.05) is 0 Å². The Kier molecular flexibility index (Phi) is 1.62. The molecule has 0 aromatic carbocycles. The number of rotatable bonds is 0. The number of fused-ring (bicyclic) bond motifs is 1. The van der Waals surface area contributed by atoms with Crippen molar-refractivity contribution in [1.29, 1.82) is 0 Å². The molecule has 0 unspecified atom stereocenters. The van der Waals surface area contributed by atoms with Gasteiger partial charge in [-0.25, -0.2) is 9.97 Å². The highest BCUT2D eigenvalue weighted by Crippen LogP contribution is 2.31. The summed E-state index contributed by atoms with van der Waals surface area (Å²) in [5.74, 6) is 1.70. The summed E-state index contributed by atoms with van der Waals surface area (Å²) in [5.41, 5.74) is 0. The largest absolute Gasteiger partial charge is 0.456 e. The van der Waals surface area contributed by atoms with Gasteiger partial charge in [-0.15, -0.1) is 0 Å². The molecule has 1 aromatic heterocycles. The Labute approximate surface area is 74.2 Å². The Morgan fingerprint density at radius 3 is 3.17 bits per heavy atom. The topological polar surface area (TPSA) is 47.0 Å². The molecule has 2 rings (SSSR count). The van der Waals surface area contributed by atoms with E-state index in [2.05, 4.69) is 15.3 Å². The summed E-state index contributed by atoms with van der Waals surface area (Å²) in [4.78, 5) is 8.03. The Morgan fingerprint density at radius 1 is 1.50 bits per heavy atom. The fraction of sp³-hybridized carbons (Fsp3) is 0.143. The molecule has 5 heteroatoms. The third kappa shape index (κ3) is 1.10. The minimum Gasteiger partial charge on any atom is -0.456 e. The van der Waals surface area contributed by atoms with Gasteiger partial charge in [0.1, 0.15) is 12.1 Å². The summed E-state index contributed by atoms with van der Waals surface area (Å²) in [6.45, 7) is 1.77. The molecule has 0 atom stereocenters. The lowest BCUT2D eigenvalue weighted by Gasteiger charge is -2.12. The van der Waals surface area contributed by atoms with Crippen molar-refractivity contribution in [1.82, 2.24) is 9.97 Å². The number of nitrogens with one attached hydrogen (secondary N) is 1.